The zero-order chi connectivity index (χ0) is 14.8. The second-order valence-corrected chi connectivity index (χ2v) is 5.92. The van der Waals surface area contributed by atoms with Gasteiger partial charge in [-0.15, -0.1) is 0 Å². The summed E-state index contributed by atoms with van der Waals surface area (Å²) in [7, 11) is 0. The quantitative estimate of drug-likeness (QED) is 0.679. The monoisotopic (exact) mass is 301 g/mol. The first-order chi connectivity index (χ1) is 10.2. The van der Waals surface area contributed by atoms with Crippen molar-refractivity contribution in [3.63, 3.8) is 0 Å². The molecule has 0 atom stereocenters. The summed E-state index contributed by atoms with van der Waals surface area (Å²) in [4.78, 5) is 24.4. The van der Waals surface area contributed by atoms with E-state index in [1.54, 1.807) is 17.8 Å². The molecule has 0 amide bonds. The van der Waals surface area contributed by atoms with E-state index in [0.717, 1.165) is 28.5 Å². The lowest BCUT2D eigenvalue weighted by molar-refractivity contribution is 0.302. The van der Waals surface area contributed by atoms with E-state index in [1.807, 2.05) is 31.2 Å². The molecule has 0 aromatic heterocycles. The molecular weight excluding hydrogens is 286 g/mol. The summed E-state index contributed by atoms with van der Waals surface area (Å²) >= 11 is 1.54. The molecule has 3 rings (SSSR count). The van der Waals surface area contributed by atoms with E-state index in [1.165, 1.54) is 0 Å². The van der Waals surface area contributed by atoms with Gasteiger partial charge in [0.1, 0.15) is 0 Å². The predicted molar refractivity (Wildman–Crippen MR) is 85.7 cm³/mol. The largest absolute Gasteiger partial charge is 0.489 e. The van der Waals surface area contributed by atoms with Crippen LogP contribution in [0.25, 0.3) is 6.08 Å². The smallest absolute Gasteiger partial charge is 0.268 e. The lowest BCUT2D eigenvalue weighted by Gasteiger charge is -2.10. The molecule has 2 aromatic rings. The molecule has 0 saturated heterocycles. The molecule has 0 spiro atoms. The van der Waals surface area contributed by atoms with Crippen LogP contribution in [0.2, 0.25) is 0 Å². The Bertz CT molecular complexity index is 745. The number of hydrogen-bond acceptors (Lipinski definition) is 5. The molecule has 1 aliphatic rings. The van der Waals surface area contributed by atoms with Crippen molar-refractivity contribution in [3.8, 4) is 5.75 Å². The van der Waals surface area contributed by atoms with Gasteiger partial charge in [0.25, 0.3) is 5.43 Å². The minimum Gasteiger partial charge on any atom is -0.489 e. The number of para-hydroxylation sites is 1. The Labute approximate surface area is 126 Å². The van der Waals surface area contributed by atoms with Crippen molar-refractivity contribution in [2.75, 3.05) is 11.9 Å². The zero-order valence-electron chi connectivity index (χ0n) is 11.6. The molecule has 0 saturated carbocycles. The van der Waals surface area contributed by atoms with Crippen LogP contribution in [0.5, 0.6) is 5.75 Å². The summed E-state index contributed by atoms with van der Waals surface area (Å²) in [5.74, 6) is 0.208. The summed E-state index contributed by atoms with van der Waals surface area (Å²) in [5.41, 5.74) is 0.408. The van der Waals surface area contributed by atoms with Gasteiger partial charge in [0.05, 0.1) is 22.9 Å². The lowest BCUT2D eigenvalue weighted by Crippen LogP contribution is -2.35. The van der Waals surface area contributed by atoms with Gasteiger partial charge < -0.3 is 10.1 Å². The third-order valence-corrected chi connectivity index (χ3v) is 4.30. The molecule has 1 heterocycles. The molecule has 1 N–H and O–H groups in total. The Balaban J connectivity index is 1.80. The number of benzene rings is 1. The molecule has 21 heavy (non-hydrogen) atoms. The Morgan fingerprint density at radius 1 is 1.24 bits per heavy atom. The Kier molecular flexibility index (Phi) is 3.84. The Hall–Kier alpha value is -2.01. The molecule has 4 nitrogen and oxygen atoms in total. The number of nitrogens with one attached hydrogen (secondary N) is 1. The first-order valence-corrected chi connectivity index (χ1v) is 7.74. The zero-order valence-corrected chi connectivity index (χ0v) is 12.5. The highest BCUT2D eigenvalue weighted by Crippen LogP contribution is 2.41. The normalized spacial score (nSPS) is 15.2. The second-order valence-electron chi connectivity index (χ2n) is 4.83. The van der Waals surface area contributed by atoms with Crippen molar-refractivity contribution in [1.29, 1.82) is 0 Å². The van der Waals surface area contributed by atoms with Gasteiger partial charge in [0, 0.05) is 4.90 Å². The topological polar surface area (TPSA) is 55.4 Å². The third kappa shape index (κ3) is 2.61. The van der Waals surface area contributed by atoms with Gasteiger partial charge in [-0.05, 0) is 24.6 Å². The molecule has 0 unspecified atom stereocenters. The van der Waals surface area contributed by atoms with Gasteiger partial charge in [-0.3, -0.25) is 9.59 Å². The fraction of sp³-hybridized carbons (Fsp3) is 0.250. The number of thioether (sulfide) groups is 1. The van der Waals surface area contributed by atoms with Crippen LogP contribution >= 0.6 is 11.8 Å². The van der Waals surface area contributed by atoms with E-state index in [-0.39, 0.29) is 5.75 Å². The van der Waals surface area contributed by atoms with E-state index in [4.69, 9.17) is 4.74 Å². The van der Waals surface area contributed by atoms with Crippen LogP contribution in [-0.2, 0) is 0 Å². The van der Waals surface area contributed by atoms with E-state index < -0.39 is 10.9 Å². The minimum absolute atomic E-state index is 0.208. The predicted octanol–water partition coefficient (Wildman–Crippen LogP) is 2.98. The summed E-state index contributed by atoms with van der Waals surface area (Å²) in [6.07, 6.45) is 3.56. The first kappa shape index (κ1) is 13.9. The number of ether oxygens (including phenoxy) is 1. The van der Waals surface area contributed by atoms with E-state index in [2.05, 4.69) is 5.32 Å². The van der Waals surface area contributed by atoms with Crippen LogP contribution in [0.15, 0.2) is 43.8 Å². The maximum absolute atomic E-state index is 11.7. The lowest BCUT2D eigenvalue weighted by atomic mass is 10.1. The average Bonchev–Trinajstić information content (AvgIpc) is 2.92. The van der Waals surface area contributed by atoms with E-state index >= 15 is 0 Å². The van der Waals surface area contributed by atoms with Crippen molar-refractivity contribution in [3.05, 3.63) is 55.3 Å². The fourth-order valence-electron chi connectivity index (χ4n) is 2.11. The van der Waals surface area contributed by atoms with Crippen molar-refractivity contribution in [1.82, 2.24) is 0 Å². The van der Waals surface area contributed by atoms with Crippen molar-refractivity contribution < 1.29 is 4.74 Å². The van der Waals surface area contributed by atoms with Gasteiger partial charge in [0.2, 0.25) is 5.43 Å². The maximum atomic E-state index is 11.7. The average molecular weight is 301 g/mol. The number of hydrogen-bond donors (Lipinski definition) is 1. The molecule has 108 valence electrons. The summed E-state index contributed by atoms with van der Waals surface area (Å²) in [5, 5.41) is 4.06. The van der Waals surface area contributed by atoms with Crippen LogP contribution in [0.4, 0.5) is 5.69 Å². The molecule has 0 fully saturated rings. The van der Waals surface area contributed by atoms with Crippen molar-refractivity contribution >= 4 is 23.5 Å². The SMILES string of the molecule is CCCCOc1c(/C=C2/Nc3ccccc3S2)c(=O)c1=O. The number of fused-ring (bicyclic) bond motifs is 1. The van der Waals surface area contributed by atoms with E-state index in [9.17, 15) is 9.59 Å². The highest BCUT2D eigenvalue weighted by molar-refractivity contribution is 8.03. The van der Waals surface area contributed by atoms with Gasteiger partial charge >= 0.3 is 0 Å². The van der Waals surface area contributed by atoms with Gasteiger partial charge in [-0.25, -0.2) is 0 Å². The molecule has 0 bridgehead atoms. The standard InChI is InChI=1S/C16H15NO3S/c1-2-3-8-20-16-10(14(18)15(16)19)9-13-17-11-6-4-5-7-12(11)21-13/h4-7,9,17H,2-3,8H2,1H3/b13-9-. The highest BCUT2D eigenvalue weighted by atomic mass is 32.2. The summed E-state index contributed by atoms with van der Waals surface area (Å²) in [6, 6.07) is 7.90. The Morgan fingerprint density at radius 3 is 2.81 bits per heavy atom. The molecule has 2 aromatic carbocycles. The minimum atomic E-state index is -0.515. The van der Waals surface area contributed by atoms with E-state index in [0.29, 0.717) is 12.2 Å². The second kappa shape index (κ2) is 5.77. The summed E-state index contributed by atoms with van der Waals surface area (Å²) < 4.78 is 5.43. The highest BCUT2D eigenvalue weighted by Gasteiger charge is 2.23. The van der Waals surface area contributed by atoms with Gasteiger partial charge in [-0.1, -0.05) is 37.2 Å². The maximum Gasteiger partial charge on any atom is 0.268 e. The number of unbranched alkanes of at least 4 members (excludes halogenated alkanes) is 1. The first-order valence-electron chi connectivity index (χ1n) is 6.92. The molecule has 1 aliphatic heterocycles. The van der Waals surface area contributed by atoms with Crippen molar-refractivity contribution in [2.45, 2.75) is 24.7 Å². The molecule has 5 heteroatoms. The molecule has 0 aliphatic carbocycles. The van der Waals surface area contributed by atoms with Crippen LogP contribution in [0.3, 0.4) is 0 Å². The number of rotatable bonds is 5. The molecule has 0 radical (unpaired) electrons. The summed E-state index contributed by atoms with van der Waals surface area (Å²) in [6.45, 7) is 2.52. The van der Waals surface area contributed by atoms with Crippen LogP contribution < -0.4 is 20.9 Å². The molecular formula is C16H15NO3S. The van der Waals surface area contributed by atoms with Gasteiger partial charge in [-0.2, -0.15) is 0 Å². The van der Waals surface area contributed by atoms with Crippen LogP contribution in [-0.4, -0.2) is 6.61 Å². The van der Waals surface area contributed by atoms with Crippen LogP contribution in [0.1, 0.15) is 25.3 Å². The van der Waals surface area contributed by atoms with Crippen LogP contribution in [0, 0.1) is 0 Å². The third-order valence-electron chi connectivity index (χ3n) is 3.29. The van der Waals surface area contributed by atoms with Gasteiger partial charge in [0.15, 0.2) is 5.75 Å². The Morgan fingerprint density at radius 2 is 2.05 bits per heavy atom. The number of anilines is 1. The fourth-order valence-corrected chi connectivity index (χ4v) is 3.06. The van der Waals surface area contributed by atoms with Crippen molar-refractivity contribution in [2.24, 2.45) is 0 Å².